The molecule has 0 fully saturated rings. The summed E-state index contributed by atoms with van der Waals surface area (Å²) in [6, 6.07) is 0. The van der Waals surface area contributed by atoms with E-state index in [0.29, 0.717) is 18.1 Å². The van der Waals surface area contributed by atoms with Crippen molar-refractivity contribution in [3.05, 3.63) is 28.6 Å². The van der Waals surface area contributed by atoms with Gasteiger partial charge in [-0.1, -0.05) is 0 Å². The van der Waals surface area contributed by atoms with Crippen molar-refractivity contribution in [2.24, 2.45) is 5.10 Å². The highest BCUT2D eigenvalue weighted by atomic mass is 16.5. The molecule has 1 aliphatic rings. The Morgan fingerprint density at radius 2 is 1.92 bits per heavy atom. The van der Waals surface area contributed by atoms with Crippen molar-refractivity contribution < 1.29 is 23.8 Å². The van der Waals surface area contributed by atoms with Crippen LogP contribution in [0.5, 0.6) is 0 Å². The van der Waals surface area contributed by atoms with E-state index in [1.165, 1.54) is 6.20 Å². The zero-order valence-corrected chi connectivity index (χ0v) is 14.8. The first-order valence-corrected chi connectivity index (χ1v) is 8.21. The molecule has 0 aromatic carbocycles. The lowest BCUT2D eigenvalue weighted by atomic mass is 10.1. The lowest BCUT2D eigenvalue weighted by molar-refractivity contribution is 0.0480. The number of esters is 2. The minimum Gasteiger partial charge on any atom is -0.474 e. The van der Waals surface area contributed by atoms with Gasteiger partial charge in [0.05, 0.1) is 42.7 Å². The zero-order valence-electron chi connectivity index (χ0n) is 14.8. The highest BCUT2D eigenvalue weighted by Crippen LogP contribution is 2.21. The maximum absolute atomic E-state index is 12.3. The van der Waals surface area contributed by atoms with Crippen LogP contribution in [-0.2, 0) is 14.2 Å². The summed E-state index contributed by atoms with van der Waals surface area (Å²) in [4.78, 5) is 27.4. The number of H-pyrrole nitrogens is 1. The van der Waals surface area contributed by atoms with Gasteiger partial charge in [-0.2, -0.15) is 0 Å². The summed E-state index contributed by atoms with van der Waals surface area (Å²) in [6.45, 7) is 8.07. The molecule has 2 rings (SSSR count). The molecule has 8 heteroatoms. The highest BCUT2D eigenvalue weighted by Gasteiger charge is 2.26. The van der Waals surface area contributed by atoms with Crippen LogP contribution in [0.3, 0.4) is 0 Å². The van der Waals surface area contributed by atoms with E-state index in [9.17, 15) is 9.59 Å². The highest BCUT2D eigenvalue weighted by molar-refractivity contribution is 6.07. The summed E-state index contributed by atoms with van der Waals surface area (Å²) in [6.07, 6.45) is 3.13. The number of hydrogen-bond acceptors (Lipinski definition) is 7. The monoisotopic (exact) mass is 349 g/mol. The molecule has 2 heterocycles. The van der Waals surface area contributed by atoms with Gasteiger partial charge in [0.15, 0.2) is 0 Å². The normalized spacial score (nSPS) is 15.1. The first kappa shape index (κ1) is 18.6. The molecule has 0 atom stereocenters. The summed E-state index contributed by atoms with van der Waals surface area (Å²) < 4.78 is 15.7. The van der Waals surface area contributed by atoms with E-state index < -0.39 is 11.9 Å². The van der Waals surface area contributed by atoms with Gasteiger partial charge in [0.1, 0.15) is 0 Å². The van der Waals surface area contributed by atoms with Gasteiger partial charge in [-0.3, -0.25) is 0 Å². The van der Waals surface area contributed by atoms with E-state index in [-0.39, 0.29) is 30.4 Å². The van der Waals surface area contributed by atoms with E-state index in [2.05, 4.69) is 15.5 Å². The Labute approximate surface area is 146 Å². The van der Waals surface area contributed by atoms with Crippen molar-refractivity contribution in [2.45, 2.75) is 33.8 Å². The lowest BCUT2D eigenvalue weighted by Gasteiger charge is -2.09. The third kappa shape index (κ3) is 4.40. The van der Waals surface area contributed by atoms with Crippen LogP contribution in [0.4, 0.5) is 0 Å². The number of ether oxygens (including phenoxy) is 3. The summed E-state index contributed by atoms with van der Waals surface area (Å²) in [5.74, 6) is -0.715. The van der Waals surface area contributed by atoms with E-state index >= 15 is 0 Å². The van der Waals surface area contributed by atoms with Crippen molar-refractivity contribution in [3.63, 3.8) is 0 Å². The van der Waals surface area contributed by atoms with Crippen LogP contribution < -0.4 is 5.43 Å². The molecule has 0 saturated carbocycles. The van der Waals surface area contributed by atoms with Gasteiger partial charge < -0.3 is 24.6 Å². The zero-order chi connectivity index (χ0) is 18.4. The van der Waals surface area contributed by atoms with E-state index in [0.717, 1.165) is 5.57 Å². The topological polar surface area (TPSA) is 102 Å². The third-order valence-corrected chi connectivity index (χ3v) is 3.28. The number of aromatic amines is 1. The Morgan fingerprint density at radius 1 is 1.24 bits per heavy atom. The van der Waals surface area contributed by atoms with E-state index in [4.69, 9.17) is 14.2 Å². The predicted molar refractivity (Wildman–Crippen MR) is 92.3 cm³/mol. The fraction of sp³-hybridized carbons (Fsp3) is 0.471. The summed E-state index contributed by atoms with van der Waals surface area (Å²) in [5.41, 5.74) is 4.33. The third-order valence-electron chi connectivity index (χ3n) is 3.28. The van der Waals surface area contributed by atoms with E-state index in [1.807, 2.05) is 13.8 Å². The SMILES string of the molecule is CCOC(=O)c1c[nH]c(C=C2CNN=C2OC(C)C)c1C(=O)OCC. The Bertz CT molecular complexity index is 703. The van der Waals surface area contributed by atoms with Crippen LogP contribution >= 0.6 is 0 Å². The summed E-state index contributed by atoms with van der Waals surface area (Å²) >= 11 is 0. The van der Waals surface area contributed by atoms with Crippen LogP contribution in [0, 0.1) is 0 Å². The van der Waals surface area contributed by atoms with Gasteiger partial charge in [-0.25, -0.2) is 9.59 Å². The second-order valence-corrected chi connectivity index (χ2v) is 5.52. The largest absolute Gasteiger partial charge is 0.474 e. The van der Waals surface area contributed by atoms with Crippen LogP contribution in [0.25, 0.3) is 6.08 Å². The molecule has 0 unspecified atom stereocenters. The van der Waals surface area contributed by atoms with Crippen molar-refractivity contribution in [1.82, 2.24) is 10.4 Å². The average Bonchev–Trinajstić information content (AvgIpc) is 3.15. The van der Waals surface area contributed by atoms with Crippen LogP contribution in [0.2, 0.25) is 0 Å². The molecule has 0 radical (unpaired) electrons. The molecule has 0 spiro atoms. The van der Waals surface area contributed by atoms with Gasteiger partial charge in [0, 0.05) is 11.8 Å². The van der Waals surface area contributed by atoms with Crippen molar-refractivity contribution in [1.29, 1.82) is 0 Å². The molecule has 136 valence electrons. The van der Waals surface area contributed by atoms with Crippen molar-refractivity contribution >= 4 is 23.9 Å². The Morgan fingerprint density at radius 3 is 2.56 bits per heavy atom. The quantitative estimate of drug-likeness (QED) is 0.763. The number of carbonyl (C=O) groups is 2. The molecule has 1 aromatic rings. The maximum Gasteiger partial charge on any atom is 0.341 e. The van der Waals surface area contributed by atoms with Gasteiger partial charge in [-0.05, 0) is 33.8 Å². The van der Waals surface area contributed by atoms with Gasteiger partial charge in [0.25, 0.3) is 0 Å². The molecule has 1 aromatic heterocycles. The maximum atomic E-state index is 12.3. The number of aromatic nitrogens is 1. The molecule has 0 amide bonds. The number of hydrazone groups is 1. The summed E-state index contributed by atoms with van der Waals surface area (Å²) in [7, 11) is 0. The molecule has 8 nitrogen and oxygen atoms in total. The number of nitrogens with zero attached hydrogens (tertiary/aromatic N) is 1. The van der Waals surface area contributed by atoms with Crippen LogP contribution in [0.15, 0.2) is 16.9 Å². The number of rotatable bonds is 6. The standard InChI is InChI=1S/C17H23N3O5/c1-5-23-16(21)12-9-18-13(14(12)17(22)24-6-2)7-11-8-19-20-15(11)25-10(3)4/h7,9-10,18-19H,5-6,8H2,1-4H3. The molecular formula is C17H23N3O5. The Balaban J connectivity index is 2.40. The number of carbonyl (C=O) groups excluding carboxylic acids is 2. The molecule has 0 saturated heterocycles. The second kappa shape index (κ2) is 8.36. The van der Waals surface area contributed by atoms with Gasteiger partial charge in [0.2, 0.25) is 5.90 Å². The fourth-order valence-electron chi connectivity index (χ4n) is 2.30. The molecule has 2 N–H and O–H groups in total. The van der Waals surface area contributed by atoms with Gasteiger partial charge in [-0.15, -0.1) is 5.10 Å². The Hall–Kier alpha value is -2.77. The molecule has 0 bridgehead atoms. The van der Waals surface area contributed by atoms with Crippen molar-refractivity contribution in [2.75, 3.05) is 19.8 Å². The number of nitrogens with one attached hydrogen (secondary N) is 2. The molecule has 25 heavy (non-hydrogen) atoms. The first-order valence-electron chi connectivity index (χ1n) is 8.21. The Kier molecular flexibility index (Phi) is 6.21. The molecular weight excluding hydrogens is 326 g/mol. The van der Waals surface area contributed by atoms with E-state index in [1.54, 1.807) is 19.9 Å². The molecule has 1 aliphatic heterocycles. The summed E-state index contributed by atoms with van der Waals surface area (Å²) in [5, 5.41) is 4.09. The minimum atomic E-state index is -0.590. The lowest BCUT2D eigenvalue weighted by Crippen LogP contribution is -2.14. The number of hydrogen-bond donors (Lipinski definition) is 2. The van der Waals surface area contributed by atoms with Crippen molar-refractivity contribution in [3.8, 4) is 0 Å². The first-order chi connectivity index (χ1) is 12.0. The van der Waals surface area contributed by atoms with Crippen LogP contribution in [0.1, 0.15) is 54.1 Å². The fourth-order valence-corrected chi connectivity index (χ4v) is 2.30. The average molecular weight is 349 g/mol. The predicted octanol–water partition coefficient (Wildman–Crippen LogP) is 2.09. The second-order valence-electron chi connectivity index (χ2n) is 5.52. The molecule has 0 aliphatic carbocycles. The smallest absolute Gasteiger partial charge is 0.341 e. The minimum absolute atomic E-state index is 0.0367. The van der Waals surface area contributed by atoms with Crippen LogP contribution in [-0.4, -0.2) is 48.7 Å². The van der Waals surface area contributed by atoms with Gasteiger partial charge >= 0.3 is 11.9 Å².